The van der Waals surface area contributed by atoms with Crippen LogP contribution in [0.4, 0.5) is 4.39 Å². The lowest BCUT2D eigenvalue weighted by atomic mass is 9.98. The molecule has 0 aliphatic heterocycles. The van der Waals surface area contributed by atoms with Crippen LogP contribution in [0.1, 0.15) is 13.8 Å². The molecule has 0 radical (unpaired) electrons. The van der Waals surface area contributed by atoms with E-state index >= 15 is 0 Å². The van der Waals surface area contributed by atoms with Crippen LogP contribution in [0.2, 0.25) is 0 Å². The summed E-state index contributed by atoms with van der Waals surface area (Å²) in [4.78, 5) is 11.9. The first-order valence-corrected chi connectivity index (χ1v) is 9.00. The van der Waals surface area contributed by atoms with Crippen LogP contribution < -0.4 is 9.47 Å². The second-order valence-electron chi connectivity index (χ2n) is 6.29. The normalized spacial score (nSPS) is 10.4. The Balaban J connectivity index is 2.01. The van der Waals surface area contributed by atoms with Gasteiger partial charge in [-0.15, -0.1) is 0 Å². The molecule has 0 aromatic heterocycles. The maximum absolute atomic E-state index is 15.0. The molecule has 0 unspecified atom stereocenters. The van der Waals surface area contributed by atoms with E-state index in [-0.39, 0.29) is 5.82 Å². The summed E-state index contributed by atoms with van der Waals surface area (Å²) in [5.41, 5.74) is 2.67. The lowest BCUT2D eigenvalue weighted by molar-refractivity contribution is -0.130. The Morgan fingerprint density at radius 3 is 2.21 bits per heavy atom. The molecule has 0 atom stereocenters. The van der Waals surface area contributed by atoms with Gasteiger partial charge in [-0.3, -0.25) is 0 Å². The molecule has 0 saturated carbocycles. The van der Waals surface area contributed by atoms with Gasteiger partial charge in [0.15, 0.2) is 0 Å². The number of benzene rings is 3. The van der Waals surface area contributed by atoms with Crippen LogP contribution in [0, 0.1) is 5.82 Å². The minimum atomic E-state index is -0.518. The molecule has 0 N–H and O–H groups in total. The van der Waals surface area contributed by atoms with Crippen LogP contribution in [-0.2, 0) is 4.79 Å². The molecular formula is C24H21FO3. The van der Waals surface area contributed by atoms with Crippen LogP contribution in [0.15, 0.2) is 78.9 Å². The van der Waals surface area contributed by atoms with Crippen LogP contribution in [0.5, 0.6) is 11.5 Å². The van der Waals surface area contributed by atoms with Crippen molar-refractivity contribution in [2.45, 2.75) is 13.8 Å². The molecule has 3 nitrogen and oxygen atoms in total. The molecule has 0 fully saturated rings. The number of hydrogen-bond donors (Lipinski definition) is 0. The van der Waals surface area contributed by atoms with Gasteiger partial charge in [0.1, 0.15) is 17.3 Å². The van der Waals surface area contributed by atoms with E-state index in [4.69, 9.17) is 9.47 Å². The van der Waals surface area contributed by atoms with Crippen molar-refractivity contribution in [3.05, 3.63) is 84.7 Å². The standard InChI is InChI=1S/C24H21FO3/c1-4-27-22-11-7-6-10-20(22)19-14-13-17(15-21(19)25)18-9-5-8-12-23(18)28-24(26)16(2)3/h5-15H,2,4H2,1,3H3. The Kier molecular flexibility index (Phi) is 5.90. The third kappa shape index (κ3) is 4.12. The first-order chi connectivity index (χ1) is 13.5. The number of para-hydroxylation sites is 2. The van der Waals surface area contributed by atoms with E-state index in [0.29, 0.717) is 45.9 Å². The fourth-order valence-electron chi connectivity index (χ4n) is 2.85. The number of rotatable bonds is 6. The molecule has 4 heteroatoms. The van der Waals surface area contributed by atoms with Gasteiger partial charge in [-0.05, 0) is 37.6 Å². The SMILES string of the molecule is C=C(C)C(=O)Oc1ccccc1-c1ccc(-c2ccccc2OCC)c(F)c1. The summed E-state index contributed by atoms with van der Waals surface area (Å²) in [6.07, 6.45) is 0. The Bertz CT molecular complexity index is 1020. The van der Waals surface area contributed by atoms with Crippen molar-refractivity contribution in [2.24, 2.45) is 0 Å². The molecule has 0 aliphatic carbocycles. The van der Waals surface area contributed by atoms with Gasteiger partial charge in [0.2, 0.25) is 0 Å². The van der Waals surface area contributed by atoms with Crippen molar-refractivity contribution in [3.63, 3.8) is 0 Å². The molecule has 0 saturated heterocycles. The Morgan fingerprint density at radius 1 is 0.929 bits per heavy atom. The van der Waals surface area contributed by atoms with E-state index in [1.165, 1.54) is 6.07 Å². The van der Waals surface area contributed by atoms with Crippen molar-refractivity contribution < 1.29 is 18.7 Å². The molecule has 3 rings (SSSR count). The molecular weight excluding hydrogens is 355 g/mol. The van der Waals surface area contributed by atoms with Crippen LogP contribution in [0.3, 0.4) is 0 Å². The molecule has 3 aromatic carbocycles. The quantitative estimate of drug-likeness (QED) is 0.299. The maximum atomic E-state index is 15.0. The summed E-state index contributed by atoms with van der Waals surface area (Å²) in [7, 11) is 0. The third-order valence-electron chi connectivity index (χ3n) is 4.20. The van der Waals surface area contributed by atoms with Crippen molar-refractivity contribution in [1.82, 2.24) is 0 Å². The largest absolute Gasteiger partial charge is 0.493 e. The number of esters is 1. The van der Waals surface area contributed by atoms with Crippen LogP contribution in [0.25, 0.3) is 22.3 Å². The van der Waals surface area contributed by atoms with Crippen molar-refractivity contribution in [2.75, 3.05) is 6.61 Å². The maximum Gasteiger partial charge on any atom is 0.338 e. The van der Waals surface area contributed by atoms with E-state index in [9.17, 15) is 9.18 Å². The Labute approximate surface area is 164 Å². The number of carbonyl (C=O) groups is 1. The van der Waals surface area contributed by atoms with Gasteiger partial charge < -0.3 is 9.47 Å². The second-order valence-corrected chi connectivity index (χ2v) is 6.29. The summed E-state index contributed by atoms with van der Waals surface area (Å²) in [6, 6.07) is 19.3. The first-order valence-electron chi connectivity index (χ1n) is 9.00. The van der Waals surface area contributed by atoms with E-state index in [2.05, 4.69) is 6.58 Å². The number of halogens is 1. The zero-order valence-corrected chi connectivity index (χ0v) is 15.9. The van der Waals surface area contributed by atoms with Crippen molar-refractivity contribution >= 4 is 5.97 Å². The minimum absolute atomic E-state index is 0.295. The highest BCUT2D eigenvalue weighted by atomic mass is 19.1. The lowest BCUT2D eigenvalue weighted by Gasteiger charge is -2.13. The molecule has 3 aromatic rings. The molecule has 0 aliphatic rings. The fourth-order valence-corrected chi connectivity index (χ4v) is 2.85. The first kappa shape index (κ1) is 19.4. The van der Waals surface area contributed by atoms with Crippen molar-refractivity contribution in [3.8, 4) is 33.8 Å². The summed E-state index contributed by atoms with van der Waals surface area (Å²) >= 11 is 0. The van der Waals surface area contributed by atoms with Gasteiger partial charge >= 0.3 is 5.97 Å². The second kappa shape index (κ2) is 8.53. The summed E-state index contributed by atoms with van der Waals surface area (Å²) in [5, 5.41) is 0. The monoisotopic (exact) mass is 376 g/mol. The molecule has 142 valence electrons. The fraction of sp³-hybridized carbons (Fsp3) is 0.125. The van der Waals surface area contributed by atoms with Crippen LogP contribution in [-0.4, -0.2) is 12.6 Å². The molecule has 0 heterocycles. The molecule has 0 bridgehead atoms. The average Bonchev–Trinajstić information content (AvgIpc) is 2.69. The molecule has 0 amide bonds. The highest BCUT2D eigenvalue weighted by Crippen LogP contribution is 2.36. The summed E-state index contributed by atoms with van der Waals surface area (Å²) in [6.45, 7) is 7.55. The Morgan fingerprint density at radius 2 is 1.57 bits per heavy atom. The third-order valence-corrected chi connectivity index (χ3v) is 4.20. The molecule has 28 heavy (non-hydrogen) atoms. The van der Waals surface area contributed by atoms with E-state index in [1.807, 2.05) is 37.3 Å². The number of carbonyl (C=O) groups excluding carboxylic acids is 1. The van der Waals surface area contributed by atoms with Gasteiger partial charge in [-0.1, -0.05) is 55.1 Å². The average molecular weight is 376 g/mol. The summed E-state index contributed by atoms with van der Waals surface area (Å²) in [5.74, 6) is 0.0886. The van der Waals surface area contributed by atoms with Crippen LogP contribution >= 0.6 is 0 Å². The predicted octanol–water partition coefficient (Wildman–Crippen LogP) is 6.04. The smallest absolute Gasteiger partial charge is 0.338 e. The van der Waals surface area contributed by atoms with Gasteiger partial charge in [0.25, 0.3) is 0 Å². The van der Waals surface area contributed by atoms with Crippen molar-refractivity contribution in [1.29, 1.82) is 0 Å². The predicted molar refractivity (Wildman–Crippen MR) is 109 cm³/mol. The molecule has 0 spiro atoms. The van der Waals surface area contributed by atoms with Gasteiger partial charge in [-0.25, -0.2) is 9.18 Å². The van der Waals surface area contributed by atoms with E-state index in [0.717, 1.165) is 0 Å². The number of hydrogen-bond acceptors (Lipinski definition) is 3. The Hall–Kier alpha value is -3.40. The number of ether oxygens (including phenoxy) is 2. The topological polar surface area (TPSA) is 35.5 Å². The van der Waals surface area contributed by atoms with Gasteiger partial charge in [-0.2, -0.15) is 0 Å². The zero-order chi connectivity index (χ0) is 20.1. The van der Waals surface area contributed by atoms with Gasteiger partial charge in [0, 0.05) is 22.3 Å². The zero-order valence-electron chi connectivity index (χ0n) is 15.9. The van der Waals surface area contributed by atoms with E-state index in [1.54, 1.807) is 37.3 Å². The lowest BCUT2D eigenvalue weighted by Crippen LogP contribution is -2.08. The highest BCUT2D eigenvalue weighted by molar-refractivity contribution is 5.90. The summed E-state index contributed by atoms with van der Waals surface area (Å²) < 4.78 is 26.0. The van der Waals surface area contributed by atoms with E-state index < -0.39 is 5.97 Å². The highest BCUT2D eigenvalue weighted by Gasteiger charge is 2.15. The minimum Gasteiger partial charge on any atom is -0.493 e. The van der Waals surface area contributed by atoms with Gasteiger partial charge in [0.05, 0.1) is 6.61 Å².